The van der Waals surface area contributed by atoms with E-state index >= 15 is 0 Å². The minimum Gasteiger partial charge on any atom is -0.260 e. The largest absolute Gasteiger partial charge is 0.260 e. The van der Waals surface area contributed by atoms with Gasteiger partial charge < -0.3 is 0 Å². The molecule has 0 unspecified atom stereocenters. The fraction of sp³-hybridized carbons (Fsp3) is 0.200. The van der Waals surface area contributed by atoms with Crippen LogP contribution in [0.5, 0.6) is 0 Å². The van der Waals surface area contributed by atoms with E-state index in [1.165, 1.54) is 17.2 Å². The monoisotopic (exact) mass is 341 g/mol. The molecule has 0 aliphatic carbocycles. The Morgan fingerprint density at radius 2 is 1.76 bits per heavy atom. The molecule has 1 aromatic heterocycles. The number of halogens is 3. The summed E-state index contributed by atoms with van der Waals surface area (Å²) in [5.41, 5.74) is 7.13. The highest BCUT2D eigenvalue weighted by Gasteiger charge is 2.07. The molecule has 0 aliphatic heterocycles. The normalized spacial score (nSPS) is 11.6. The summed E-state index contributed by atoms with van der Waals surface area (Å²) >= 11 is 17.7. The number of nitrogens with zero attached hydrogens (tertiary/aromatic N) is 2. The molecular formula is C15H14Cl3N3. The Balaban J connectivity index is 2.24. The predicted octanol–water partition coefficient (Wildman–Crippen LogP) is 5.49. The first-order valence-electron chi connectivity index (χ1n) is 6.28. The number of hydrogen-bond acceptors (Lipinski definition) is 3. The minimum absolute atomic E-state index is 0.183. The summed E-state index contributed by atoms with van der Waals surface area (Å²) in [5.74, 6) is 0.370. The van der Waals surface area contributed by atoms with E-state index < -0.39 is 0 Å². The number of hydrazone groups is 1. The first-order chi connectivity index (χ1) is 9.88. The second-order valence-corrected chi connectivity index (χ2v) is 5.87. The molecular weight excluding hydrogens is 329 g/mol. The summed E-state index contributed by atoms with van der Waals surface area (Å²) in [6.07, 6.45) is 0. The van der Waals surface area contributed by atoms with Crippen molar-refractivity contribution in [2.24, 2.45) is 5.10 Å². The summed E-state index contributed by atoms with van der Waals surface area (Å²) < 4.78 is 0. The van der Waals surface area contributed by atoms with Gasteiger partial charge in [-0.15, -0.1) is 0 Å². The number of anilines is 1. The van der Waals surface area contributed by atoms with E-state index in [0.717, 1.165) is 11.3 Å². The number of aromatic nitrogens is 1. The Bertz CT molecular complexity index is 712. The van der Waals surface area contributed by atoms with Crippen molar-refractivity contribution < 1.29 is 0 Å². The third-order valence-electron chi connectivity index (χ3n) is 3.14. The van der Waals surface area contributed by atoms with Crippen LogP contribution in [0.25, 0.3) is 0 Å². The molecule has 3 nitrogen and oxygen atoms in total. The van der Waals surface area contributed by atoms with Crippen LogP contribution >= 0.6 is 34.8 Å². The number of hydrogen-bond donors (Lipinski definition) is 1. The molecule has 21 heavy (non-hydrogen) atoms. The molecule has 1 heterocycles. The van der Waals surface area contributed by atoms with E-state index in [1.54, 1.807) is 0 Å². The lowest BCUT2D eigenvalue weighted by Crippen LogP contribution is -2.02. The lowest BCUT2D eigenvalue weighted by molar-refractivity contribution is 1.22. The molecule has 6 heteroatoms. The van der Waals surface area contributed by atoms with Gasteiger partial charge in [-0.3, -0.25) is 5.43 Å². The van der Waals surface area contributed by atoms with E-state index in [-0.39, 0.29) is 5.15 Å². The first kappa shape index (κ1) is 16.1. The van der Waals surface area contributed by atoms with Crippen LogP contribution in [0, 0.1) is 13.8 Å². The summed E-state index contributed by atoms with van der Waals surface area (Å²) in [6, 6.07) is 7.70. The van der Waals surface area contributed by atoms with Crippen molar-refractivity contribution in [3.63, 3.8) is 0 Å². The van der Waals surface area contributed by atoms with Gasteiger partial charge in [-0.1, -0.05) is 46.9 Å². The van der Waals surface area contributed by atoms with Crippen molar-refractivity contribution in [3.8, 4) is 0 Å². The van der Waals surface area contributed by atoms with Gasteiger partial charge in [0.25, 0.3) is 0 Å². The van der Waals surface area contributed by atoms with Crippen LogP contribution in [0.1, 0.15) is 23.6 Å². The summed E-state index contributed by atoms with van der Waals surface area (Å²) in [7, 11) is 0. The molecule has 2 aromatic rings. The van der Waals surface area contributed by atoms with Crippen molar-refractivity contribution in [1.82, 2.24) is 4.98 Å². The van der Waals surface area contributed by atoms with Gasteiger partial charge in [-0.05, 0) is 49.6 Å². The van der Waals surface area contributed by atoms with E-state index in [9.17, 15) is 0 Å². The van der Waals surface area contributed by atoms with Crippen molar-refractivity contribution in [3.05, 3.63) is 56.2 Å². The highest BCUT2D eigenvalue weighted by molar-refractivity contribution is 6.42. The number of rotatable bonds is 3. The van der Waals surface area contributed by atoms with E-state index in [2.05, 4.69) is 41.5 Å². The number of nitrogens with one attached hydrogen (secondary N) is 1. The quantitative estimate of drug-likeness (QED) is 0.454. The van der Waals surface area contributed by atoms with E-state index in [4.69, 9.17) is 34.8 Å². The fourth-order valence-corrected chi connectivity index (χ4v) is 2.23. The third kappa shape index (κ3) is 3.88. The molecule has 0 fully saturated rings. The zero-order valence-corrected chi connectivity index (χ0v) is 14.1. The standard InChI is InChI=1S/C15H14Cl3N3/c1-8-4-5-11(6-9(8)2)10(3)20-21-15-13(17)7-12(16)14(18)19-15/h4-7H,1-3H3,(H,19,21)/b20-10-. The Kier molecular flexibility index (Phi) is 5.09. The molecule has 1 aromatic carbocycles. The highest BCUT2D eigenvalue weighted by atomic mass is 35.5. The molecule has 0 radical (unpaired) electrons. The Hall–Kier alpha value is -1.29. The fourth-order valence-electron chi connectivity index (χ4n) is 1.69. The van der Waals surface area contributed by atoms with Crippen LogP contribution in [0.4, 0.5) is 5.82 Å². The Morgan fingerprint density at radius 1 is 1.05 bits per heavy atom. The molecule has 0 aliphatic rings. The van der Waals surface area contributed by atoms with Gasteiger partial charge in [0.15, 0.2) is 5.82 Å². The SMILES string of the molecule is C/C(=N/Nc1nc(Cl)c(Cl)cc1Cl)c1ccc(C)c(C)c1. The van der Waals surface area contributed by atoms with Crippen molar-refractivity contribution in [2.45, 2.75) is 20.8 Å². The maximum atomic E-state index is 6.04. The minimum atomic E-state index is 0.183. The zero-order chi connectivity index (χ0) is 15.6. The first-order valence-corrected chi connectivity index (χ1v) is 7.41. The average molecular weight is 343 g/mol. The molecule has 110 valence electrons. The topological polar surface area (TPSA) is 37.3 Å². The van der Waals surface area contributed by atoms with Crippen LogP contribution in [-0.4, -0.2) is 10.7 Å². The van der Waals surface area contributed by atoms with Gasteiger partial charge >= 0.3 is 0 Å². The predicted molar refractivity (Wildman–Crippen MR) is 91.0 cm³/mol. The lowest BCUT2D eigenvalue weighted by Gasteiger charge is -2.07. The van der Waals surface area contributed by atoms with Crippen molar-refractivity contribution >= 4 is 46.3 Å². The summed E-state index contributed by atoms with van der Waals surface area (Å²) in [5, 5.41) is 5.14. The van der Waals surface area contributed by atoms with E-state index in [1.807, 2.05) is 13.0 Å². The molecule has 0 saturated heterocycles. The Morgan fingerprint density at radius 3 is 2.43 bits per heavy atom. The second kappa shape index (κ2) is 6.65. The average Bonchev–Trinajstić information content (AvgIpc) is 2.44. The van der Waals surface area contributed by atoms with Crippen LogP contribution < -0.4 is 5.43 Å². The number of pyridine rings is 1. The maximum absolute atomic E-state index is 6.04. The smallest absolute Gasteiger partial charge is 0.166 e. The summed E-state index contributed by atoms with van der Waals surface area (Å²) in [6.45, 7) is 6.04. The van der Waals surface area contributed by atoms with Crippen molar-refractivity contribution in [2.75, 3.05) is 5.43 Å². The molecule has 0 saturated carbocycles. The van der Waals surface area contributed by atoms with E-state index in [0.29, 0.717) is 15.9 Å². The Labute approximate surface area is 138 Å². The van der Waals surface area contributed by atoms with Crippen molar-refractivity contribution in [1.29, 1.82) is 0 Å². The van der Waals surface area contributed by atoms with Crippen LogP contribution in [0.15, 0.2) is 29.4 Å². The maximum Gasteiger partial charge on any atom is 0.166 e. The molecule has 0 bridgehead atoms. The van der Waals surface area contributed by atoms with Gasteiger partial charge in [0, 0.05) is 0 Å². The number of aryl methyl sites for hydroxylation is 2. The third-order valence-corrected chi connectivity index (χ3v) is 4.10. The molecule has 0 spiro atoms. The van der Waals surface area contributed by atoms with Gasteiger partial charge in [0.2, 0.25) is 0 Å². The summed E-state index contributed by atoms with van der Waals surface area (Å²) in [4.78, 5) is 4.05. The molecule has 1 N–H and O–H groups in total. The number of benzene rings is 1. The van der Waals surface area contributed by atoms with Crippen LogP contribution in [0.2, 0.25) is 15.2 Å². The van der Waals surface area contributed by atoms with Gasteiger partial charge in [-0.25, -0.2) is 4.98 Å². The van der Waals surface area contributed by atoms with Crippen LogP contribution in [-0.2, 0) is 0 Å². The highest BCUT2D eigenvalue weighted by Crippen LogP contribution is 2.28. The lowest BCUT2D eigenvalue weighted by atomic mass is 10.0. The van der Waals surface area contributed by atoms with Gasteiger partial charge in [-0.2, -0.15) is 5.10 Å². The molecule has 0 amide bonds. The molecule has 0 atom stereocenters. The zero-order valence-electron chi connectivity index (χ0n) is 11.8. The molecule has 2 rings (SSSR count). The second-order valence-electron chi connectivity index (χ2n) is 4.70. The van der Waals surface area contributed by atoms with Crippen LogP contribution in [0.3, 0.4) is 0 Å². The van der Waals surface area contributed by atoms with Gasteiger partial charge in [0.1, 0.15) is 5.15 Å². The van der Waals surface area contributed by atoms with Gasteiger partial charge in [0.05, 0.1) is 15.8 Å².